The van der Waals surface area contributed by atoms with Crippen molar-refractivity contribution < 1.29 is 41.4 Å². The summed E-state index contributed by atoms with van der Waals surface area (Å²) in [5.74, 6) is -1.46. The second-order valence-electron chi connectivity index (χ2n) is 8.86. The highest BCUT2D eigenvalue weighted by Gasteiger charge is 2.34. The van der Waals surface area contributed by atoms with Gasteiger partial charge < -0.3 is 19.7 Å². The molecule has 2 aromatic rings. The Hall–Kier alpha value is -3.83. The zero-order chi connectivity index (χ0) is 26.7. The van der Waals surface area contributed by atoms with Crippen molar-refractivity contribution in [1.29, 1.82) is 0 Å². The molecule has 0 spiro atoms. The number of rotatable bonds is 6. The molecule has 4 rings (SSSR count). The van der Waals surface area contributed by atoms with E-state index in [2.05, 4.69) is 5.32 Å². The predicted octanol–water partition coefficient (Wildman–Crippen LogP) is 3.99. The lowest BCUT2D eigenvalue weighted by atomic mass is 10.0. The fraction of sp³-hybridized carbons (Fsp3) is 0.400. The molecule has 2 aromatic carbocycles. The molecular formula is C25H25F4N3O5. The Balaban J connectivity index is 1.32. The number of halogens is 4. The Bertz CT molecular complexity index is 1180. The van der Waals surface area contributed by atoms with E-state index in [0.717, 1.165) is 18.2 Å². The van der Waals surface area contributed by atoms with Crippen LogP contribution in [-0.4, -0.2) is 61.2 Å². The number of likely N-dealkylation sites (tertiary alicyclic amines) is 1. The van der Waals surface area contributed by atoms with Gasteiger partial charge in [0.2, 0.25) is 5.91 Å². The van der Waals surface area contributed by atoms with E-state index in [1.807, 2.05) is 0 Å². The summed E-state index contributed by atoms with van der Waals surface area (Å²) in [5, 5.41) is 2.57. The molecule has 3 amide bonds. The minimum Gasteiger partial charge on any atom is -0.487 e. The monoisotopic (exact) mass is 523 g/mol. The topological polar surface area (TPSA) is 88.2 Å². The van der Waals surface area contributed by atoms with E-state index in [4.69, 9.17) is 9.47 Å². The van der Waals surface area contributed by atoms with Crippen LogP contribution in [0.15, 0.2) is 42.5 Å². The fourth-order valence-electron chi connectivity index (χ4n) is 4.22. The lowest BCUT2D eigenvalue weighted by Gasteiger charge is -2.32. The third-order valence-electron chi connectivity index (χ3n) is 6.14. The highest BCUT2D eigenvalue weighted by molar-refractivity contribution is 5.94. The van der Waals surface area contributed by atoms with E-state index < -0.39 is 41.8 Å². The fourth-order valence-corrected chi connectivity index (χ4v) is 4.22. The standard InChI is InChI=1S/C25H25F4N3O5/c1-15(33)30-13-20-14-32(24(35)37-20)18-5-6-22(21(26)12-18)36-19-7-9-31(10-8-19)23(34)16-3-2-4-17(11-16)25(27,28)29/h2-6,11-12,19-20H,7-10,13-14H2,1H3,(H,30,33)/t20-/m0/s1. The number of benzene rings is 2. The van der Waals surface area contributed by atoms with Crippen LogP contribution < -0.4 is 15.0 Å². The van der Waals surface area contributed by atoms with Gasteiger partial charge in [-0.05, 0) is 30.3 Å². The quantitative estimate of drug-likeness (QED) is 0.579. The van der Waals surface area contributed by atoms with E-state index in [1.165, 1.54) is 41.0 Å². The van der Waals surface area contributed by atoms with Crippen LogP contribution in [0.1, 0.15) is 35.7 Å². The molecule has 2 fully saturated rings. The Morgan fingerprint density at radius 3 is 2.51 bits per heavy atom. The average Bonchev–Trinajstić information content (AvgIpc) is 3.24. The van der Waals surface area contributed by atoms with Crippen LogP contribution in [0.4, 0.5) is 28.0 Å². The van der Waals surface area contributed by atoms with Gasteiger partial charge in [-0.15, -0.1) is 0 Å². The number of hydrogen-bond acceptors (Lipinski definition) is 5. The number of nitrogens with zero attached hydrogens (tertiary/aromatic N) is 2. The number of carbonyl (C=O) groups excluding carboxylic acids is 3. The molecule has 2 aliphatic heterocycles. The number of nitrogens with one attached hydrogen (secondary N) is 1. The van der Waals surface area contributed by atoms with Crippen molar-refractivity contribution in [2.45, 2.75) is 38.1 Å². The molecule has 0 aliphatic carbocycles. The Labute approximate surface area is 210 Å². The summed E-state index contributed by atoms with van der Waals surface area (Å²) in [5.41, 5.74) is -0.654. The van der Waals surface area contributed by atoms with Crippen molar-refractivity contribution in [2.24, 2.45) is 0 Å². The van der Waals surface area contributed by atoms with Gasteiger partial charge in [0, 0.05) is 44.5 Å². The Morgan fingerprint density at radius 2 is 1.86 bits per heavy atom. The van der Waals surface area contributed by atoms with Crippen LogP contribution in [0.5, 0.6) is 5.75 Å². The third-order valence-corrected chi connectivity index (χ3v) is 6.14. The summed E-state index contributed by atoms with van der Waals surface area (Å²) in [7, 11) is 0. The first-order chi connectivity index (χ1) is 17.5. The van der Waals surface area contributed by atoms with Gasteiger partial charge in [-0.2, -0.15) is 13.2 Å². The first kappa shape index (κ1) is 26.2. The molecule has 8 nitrogen and oxygen atoms in total. The molecule has 0 aromatic heterocycles. The average molecular weight is 523 g/mol. The SMILES string of the molecule is CC(=O)NC[C@H]1CN(c2ccc(OC3CCN(C(=O)c4cccc(C(F)(F)F)c4)CC3)c(F)c2)C(=O)O1. The molecule has 12 heteroatoms. The van der Waals surface area contributed by atoms with Gasteiger partial charge in [0.05, 0.1) is 24.3 Å². The van der Waals surface area contributed by atoms with Gasteiger partial charge >= 0.3 is 12.3 Å². The highest BCUT2D eigenvalue weighted by atomic mass is 19.4. The zero-order valence-corrected chi connectivity index (χ0v) is 19.9. The lowest BCUT2D eigenvalue weighted by molar-refractivity contribution is -0.137. The molecule has 0 bridgehead atoms. The molecule has 37 heavy (non-hydrogen) atoms. The number of cyclic esters (lactones) is 1. The molecule has 1 N–H and O–H groups in total. The number of hydrogen-bond donors (Lipinski definition) is 1. The van der Waals surface area contributed by atoms with E-state index in [9.17, 15) is 31.9 Å². The van der Waals surface area contributed by atoms with Gasteiger partial charge in [0.15, 0.2) is 11.6 Å². The van der Waals surface area contributed by atoms with Crippen LogP contribution >= 0.6 is 0 Å². The summed E-state index contributed by atoms with van der Waals surface area (Å²) < 4.78 is 64.6. The Kier molecular flexibility index (Phi) is 7.55. The summed E-state index contributed by atoms with van der Waals surface area (Å²) in [6.45, 7) is 2.14. The van der Waals surface area contributed by atoms with Gasteiger partial charge in [0.1, 0.15) is 12.2 Å². The van der Waals surface area contributed by atoms with Crippen LogP contribution in [0.25, 0.3) is 0 Å². The number of ether oxygens (including phenoxy) is 2. The van der Waals surface area contributed by atoms with Crippen LogP contribution in [0.3, 0.4) is 0 Å². The van der Waals surface area contributed by atoms with Crippen molar-refractivity contribution in [2.75, 3.05) is 31.1 Å². The number of anilines is 1. The van der Waals surface area contributed by atoms with Crippen molar-refractivity contribution >= 4 is 23.6 Å². The second kappa shape index (κ2) is 10.7. The minimum absolute atomic E-state index is 0.0197. The number of piperidine rings is 1. The van der Waals surface area contributed by atoms with Gasteiger partial charge in [0.25, 0.3) is 5.91 Å². The summed E-state index contributed by atoms with van der Waals surface area (Å²) >= 11 is 0. The van der Waals surface area contributed by atoms with E-state index in [1.54, 1.807) is 0 Å². The van der Waals surface area contributed by atoms with Crippen LogP contribution in [-0.2, 0) is 15.7 Å². The van der Waals surface area contributed by atoms with E-state index in [-0.39, 0.29) is 49.1 Å². The van der Waals surface area contributed by atoms with Crippen LogP contribution in [0, 0.1) is 5.82 Å². The summed E-state index contributed by atoms with van der Waals surface area (Å²) in [6.07, 6.45) is -5.41. The van der Waals surface area contributed by atoms with Crippen molar-refractivity contribution in [3.8, 4) is 5.75 Å². The largest absolute Gasteiger partial charge is 0.487 e. The maximum absolute atomic E-state index is 14.8. The van der Waals surface area contributed by atoms with Gasteiger partial charge in [-0.1, -0.05) is 6.07 Å². The second-order valence-corrected chi connectivity index (χ2v) is 8.86. The molecule has 2 aliphatic rings. The molecule has 0 radical (unpaired) electrons. The maximum atomic E-state index is 14.8. The number of carbonyl (C=O) groups is 3. The van der Waals surface area contributed by atoms with Gasteiger partial charge in [-0.3, -0.25) is 14.5 Å². The Morgan fingerprint density at radius 1 is 1.14 bits per heavy atom. The maximum Gasteiger partial charge on any atom is 0.416 e. The first-order valence-corrected chi connectivity index (χ1v) is 11.7. The van der Waals surface area contributed by atoms with Crippen molar-refractivity contribution in [3.63, 3.8) is 0 Å². The lowest BCUT2D eigenvalue weighted by Crippen LogP contribution is -2.41. The predicted molar refractivity (Wildman–Crippen MR) is 124 cm³/mol. The summed E-state index contributed by atoms with van der Waals surface area (Å²) in [4.78, 5) is 38.6. The minimum atomic E-state index is -4.54. The summed E-state index contributed by atoms with van der Waals surface area (Å²) in [6, 6.07) is 8.36. The zero-order valence-electron chi connectivity index (χ0n) is 19.9. The van der Waals surface area contributed by atoms with Crippen molar-refractivity contribution in [3.05, 3.63) is 59.4 Å². The molecule has 198 valence electrons. The molecule has 0 unspecified atom stereocenters. The van der Waals surface area contributed by atoms with Crippen molar-refractivity contribution in [1.82, 2.24) is 10.2 Å². The van der Waals surface area contributed by atoms with E-state index >= 15 is 0 Å². The normalized spacial score (nSPS) is 18.5. The number of alkyl halides is 3. The molecule has 0 saturated carbocycles. The molecule has 2 heterocycles. The molecule has 1 atom stereocenters. The van der Waals surface area contributed by atoms with E-state index in [0.29, 0.717) is 12.8 Å². The third kappa shape index (κ3) is 6.30. The number of amides is 3. The van der Waals surface area contributed by atoms with Crippen LogP contribution in [0.2, 0.25) is 0 Å². The molecule has 2 saturated heterocycles. The highest BCUT2D eigenvalue weighted by Crippen LogP contribution is 2.31. The van der Waals surface area contributed by atoms with Gasteiger partial charge in [-0.25, -0.2) is 9.18 Å². The first-order valence-electron chi connectivity index (χ1n) is 11.7. The molecular weight excluding hydrogens is 498 g/mol. The smallest absolute Gasteiger partial charge is 0.416 e.